The molecule has 1 aliphatic heterocycles. The van der Waals surface area contributed by atoms with E-state index >= 15 is 0 Å². The fourth-order valence-electron chi connectivity index (χ4n) is 5.37. The van der Waals surface area contributed by atoms with Gasteiger partial charge in [0, 0.05) is 31.4 Å². The number of rotatable bonds is 16. The van der Waals surface area contributed by atoms with Crippen LogP contribution in [0.15, 0.2) is 18.2 Å². The number of aryl methyl sites for hydroxylation is 2. The minimum atomic E-state index is -1.06. The maximum Gasteiger partial charge on any atom is 0.326 e. The fraction of sp³-hybridized carbons (Fsp3) is 0.655. The van der Waals surface area contributed by atoms with Crippen molar-refractivity contribution in [3.05, 3.63) is 39.8 Å². The van der Waals surface area contributed by atoms with Gasteiger partial charge in [0.2, 0.25) is 5.91 Å². The number of aromatic nitrogens is 3. The topological polar surface area (TPSA) is 122 Å². The number of aliphatic carboxylic acids is 1. The van der Waals surface area contributed by atoms with Gasteiger partial charge in [-0.05, 0) is 89.3 Å². The molecule has 0 radical (unpaired) electrons. The number of nitrogens with one attached hydrogen (secondary N) is 2. The van der Waals surface area contributed by atoms with Crippen LogP contribution in [0.4, 0.5) is 5.82 Å². The van der Waals surface area contributed by atoms with Crippen LogP contribution in [0.5, 0.6) is 0 Å². The monoisotopic (exact) mass is 606 g/mol. The average molecular weight is 608 g/mol. The molecule has 5 rings (SSSR count). The number of halogens is 2. The molecule has 1 atom stereocenters. The van der Waals surface area contributed by atoms with Gasteiger partial charge in [-0.1, -0.05) is 29.3 Å². The Morgan fingerprint density at radius 2 is 2.00 bits per heavy atom. The maximum absolute atomic E-state index is 13.2. The number of pyridine rings is 1. The zero-order valence-electron chi connectivity index (χ0n) is 23.6. The quantitative estimate of drug-likeness (QED) is 0.242. The van der Waals surface area contributed by atoms with Crippen molar-refractivity contribution in [1.29, 1.82) is 0 Å². The van der Waals surface area contributed by atoms with Gasteiger partial charge < -0.3 is 25.4 Å². The number of carbonyl (C=O) groups is 2. The molecule has 224 valence electrons. The van der Waals surface area contributed by atoms with Crippen molar-refractivity contribution in [3.63, 3.8) is 0 Å². The molecule has 0 spiro atoms. The summed E-state index contributed by atoms with van der Waals surface area (Å²) in [7, 11) is 0. The number of hydrogen-bond donors (Lipinski definition) is 3. The lowest BCUT2D eigenvalue weighted by atomic mass is 10.1. The molecule has 3 N–H and O–H groups in total. The summed E-state index contributed by atoms with van der Waals surface area (Å²) in [5.74, 6) is -0.434. The summed E-state index contributed by atoms with van der Waals surface area (Å²) in [5, 5.41) is 20.7. The molecule has 3 aliphatic rings. The van der Waals surface area contributed by atoms with E-state index in [-0.39, 0.29) is 22.3 Å². The zero-order valence-corrected chi connectivity index (χ0v) is 25.1. The van der Waals surface area contributed by atoms with Crippen molar-refractivity contribution in [1.82, 2.24) is 25.0 Å². The number of ether oxygens (including phenoxy) is 1. The highest BCUT2D eigenvalue weighted by molar-refractivity contribution is 6.33. The van der Waals surface area contributed by atoms with Crippen LogP contribution in [0, 0.1) is 0 Å². The maximum atomic E-state index is 13.2. The highest BCUT2D eigenvalue weighted by Gasteiger charge is 2.54. The Kier molecular flexibility index (Phi) is 9.43. The largest absolute Gasteiger partial charge is 0.480 e. The number of fused-ring (bicyclic) bond motifs is 1. The number of nitrogens with zero attached hydrogens (tertiary/aromatic N) is 4. The average Bonchev–Trinajstić information content (AvgIpc) is 3.87. The summed E-state index contributed by atoms with van der Waals surface area (Å²) < 4.78 is 7.46. The van der Waals surface area contributed by atoms with Gasteiger partial charge in [0.05, 0.1) is 12.2 Å². The third-order valence-electron chi connectivity index (χ3n) is 8.45. The lowest BCUT2D eigenvalue weighted by Crippen LogP contribution is -2.49. The molecular weight excluding hydrogens is 567 g/mol. The van der Waals surface area contributed by atoms with E-state index in [1.54, 1.807) is 0 Å². The summed E-state index contributed by atoms with van der Waals surface area (Å²) in [6.45, 7) is 5.75. The molecule has 0 saturated heterocycles. The van der Waals surface area contributed by atoms with Crippen molar-refractivity contribution in [3.8, 4) is 0 Å². The van der Waals surface area contributed by atoms with Crippen molar-refractivity contribution >= 4 is 40.9 Å². The number of carboxylic acids is 1. The second-order valence-corrected chi connectivity index (χ2v) is 12.6. The molecule has 2 aliphatic carbocycles. The number of unbranched alkanes of at least 4 members (excludes halogenated alkanes) is 1. The van der Waals surface area contributed by atoms with Gasteiger partial charge in [-0.25, -0.2) is 14.5 Å². The minimum Gasteiger partial charge on any atom is -0.480 e. The van der Waals surface area contributed by atoms with Gasteiger partial charge >= 0.3 is 5.97 Å². The van der Waals surface area contributed by atoms with Gasteiger partial charge in [-0.3, -0.25) is 4.79 Å². The molecule has 1 unspecified atom stereocenters. The van der Waals surface area contributed by atoms with Crippen LogP contribution in [-0.2, 0) is 32.7 Å². The van der Waals surface area contributed by atoms with Gasteiger partial charge in [-0.2, -0.15) is 5.10 Å². The summed E-state index contributed by atoms with van der Waals surface area (Å²) in [6, 6.07) is 4.77. The Hall–Kier alpha value is -2.40. The van der Waals surface area contributed by atoms with E-state index in [1.165, 1.54) is 16.3 Å². The van der Waals surface area contributed by atoms with Crippen molar-refractivity contribution in [2.45, 2.75) is 88.3 Å². The van der Waals surface area contributed by atoms with Crippen LogP contribution < -0.4 is 10.6 Å². The van der Waals surface area contributed by atoms with E-state index in [0.29, 0.717) is 32.5 Å². The lowest BCUT2D eigenvalue weighted by Gasteiger charge is -2.26. The van der Waals surface area contributed by atoms with E-state index in [0.717, 1.165) is 69.5 Å². The number of carboxylic acid groups (broad SMARTS) is 1. The Morgan fingerprint density at radius 3 is 2.68 bits per heavy atom. The Balaban J connectivity index is 1.13. The molecular formula is C29H40Cl2N6O4. The first-order valence-corrected chi connectivity index (χ1v) is 15.5. The second-order valence-electron chi connectivity index (χ2n) is 11.8. The molecule has 2 aromatic heterocycles. The Morgan fingerprint density at radius 1 is 1.20 bits per heavy atom. The highest BCUT2D eigenvalue weighted by Crippen LogP contribution is 2.45. The van der Waals surface area contributed by atoms with Crippen LogP contribution in [0.1, 0.15) is 69.5 Å². The molecule has 0 bridgehead atoms. The van der Waals surface area contributed by atoms with Crippen LogP contribution in [0.3, 0.4) is 0 Å². The molecule has 2 aromatic rings. The number of hydrogen-bond acceptors (Lipinski definition) is 7. The van der Waals surface area contributed by atoms with Crippen molar-refractivity contribution in [2.24, 2.45) is 0 Å². The fourth-order valence-corrected chi connectivity index (χ4v) is 5.91. The first-order valence-electron chi connectivity index (χ1n) is 14.7. The first kappa shape index (κ1) is 30.1. The normalized spacial score (nSPS) is 18.8. The molecule has 0 aromatic carbocycles. The number of amides is 1. The molecule has 3 heterocycles. The van der Waals surface area contributed by atoms with E-state index < -0.39 is 23.5 Å². The summed E-state index contributed by atoms with van der Waals surface area (Å²) in [6.07, 6.45) is 8.55. The van der Waals surface area contributed by atoms with E-state index in [9.17, 15) is 14.7 Å². The van der Waals surface area contributed by atoms with E-state index in [2.05, 4.69) is 39.7 Å². The predicted octanol–water partition coefficient (Wildman–Crippen LogP) is 4.29. The molecule has 2 fully saturated rings. The predicted molar refractivity (Wildman–Crippen MR) is 158 cm³/mol. The van der Waals surface area contributed by atoms with Crippen LogP contribution in [0.25, 0.3) is 0 Å². The smallest absolute Gasteiger partial charge is 0.326 e. The second kappa shape index (κ2) is 12.9. The zero-order chi connectivity index (χ0) is 29.0. The highest BCUT2D eigenvalue weighted by atomic mass is 35.5. The standard InChI is InChI=1S/C29H40Cl2N6O4/c1-28(10-11-28)41-18-17-36(15-3-2-6-21-8-7-20-5-4-14-32-25(20)33-21)16-9-22(26(38)39)34-27(40)29(12-13-29)37-24(31)19-23(30)35-37/h7-8,19,22H,2-6,9-18H2,1H3,(H,32,33)(H,34,40)(H,38,39). The summed E-state index contributed by atoms with van der Waals surface area (Å²) >= 11 is 12.2. The Bertz CT molecular complexity index is 1250. The van der Waals surface area contributed by atoms with Crippen molar-refractivity contribution < 1.29 is 19.4 Å². The molecule has 10 nitrogen and oxygen atoms in total. The number of anilines is 1. The summed E-state index contributed by atoms with van der Waals surface area (Å²) in [4.78, 5) is 32.4. The third-order valence-corrected chi connectivity index (χ3v) is 8.90. The van der Waals surface area contributed by atoms with E-state index in [4.69, 9.17) is 32.9 Å². The molecule has 41 heavy (non-hydrogen) atoms. The van der Waals surface area contributed by atoms with Crippen LogP contribution in [-0.4, -0.2) is 81.1 Å². The van der Waals surface area contributed by atoms with E-state index in [1.807, 2.05) is 0 Å². The minimum absolute atomic E-state index is 0.00927. The molecule has 12 heteroatoms. The Labute approximate surface area is 251 Å². The van der Waals surface area contributed by atoms with Crippen molar-refractivity contribution in [2.75, 3.05) is 38.1 Å². The van der Waals surface area contributed by atoms with Crippen LogP contribution >= 0.6 is 23.2 Å². The van der Waals surface area contributed by atoms with Gasteiger partial charge in [-0.15, -0.1) is 0 Å². The molecule has 2 saturated carbocycles. The molecule has 1 amide bonds. The van der Waals surface area contributed by atoms with Gasteiger partial charge in [0.25, 0.3) is 0 Å². The summed E-state index contributed by atoms with van der Waals surface area (Å²) in [5.41, 5.74) is 1.39. The first-order chi connectivity index (χ1) is 19.7. The van der Waals surface area contributed by atoms with Gasteiger partial charge in [0.15, 0.2) is 5.15 Å². The number of carbonyl (C=O) groups excluding carboxylic acids is 1. The van der Waals surface area contributed by atoms with Gasteiger partial charge in [0.1, 0.15) is 22.6 Å². The van der Waals surface area contributed by atoms with Crippen LogP contribution in [0.2, 0.25) is 10.3 Å². The lowest BCUT2D eigenvalue weighted by molar-refractivity contribution is -0.143. The third kappa shape index (κ3) is 7.71. The SMILES string of the molecule is CC1(OCCN(CCCCc2ccc3c(n2)NCCC3)CCC(NC(=O)C2(n3nc(Cl)cc3Cl)CC2)C(=O)O)CC1.